The number of carbonyl (C=O) groups excluding carboxylic acids is 2. The molecule has 0 radical (unpaired) electrons. The van der Waals surface area contributed by atoms with Crippen LogP contribution in [-0.2, 0) is 19.6 Å². The second-order valence-corrected chi connectivity index (χ2v) is 5.76. The molecule has 21 heavy (non-hydrogen) atoms. The number of nitrogens with two attached hydrogens (primary N) is 1. The van der Waals surface area contributed by atoms with Gasteiger partial charge in [0.2, 0.25) is 15.9 Å². The summed E-state index contributed by atoms with van der Waals surface area (Å²) in [4.78, 5) is 22.6. The molecule has 0 heterocycles. The maximum absolute atomic E-state index is 12.2. The third kappa shape index (κ3) is 4.43. The highest BCUT2D eigenvalue weighted by molar-refractivity contribution is 7.89. The van der Waals surface area contributed by atoms with Crippen LogP contribution < -0.4 is 15.8 Å². The summed E-state index contributed by atoms with van der Waals surface area (Å²) in [6.45, 7) is 1.65. The first-order valence-electron chi connectivity index (χ1n) is 6.06. The summed E-state index contributed by atoms with van der Waals surface area (Å²) in [5.74, 6) is -1.29. The van der Waals surface area contributed by atoms with Gasteiger partial charge in [-0.05, 0) is 25.1 Å². The van der Waals surface area contributed by atoms with Crippen molar-refractivity contribution in [1.82, 2.24) is 10.0 Å². The molecule has 0 saturated carbocycles. The van der Waals surface area contributed by atoms with Crippen molar-refractivity contribution in [3.63, 3.8) is 0 Å². The van der Waals surface area contributed by atoms with Crippen LogP contribution in [0.3, 0.4) is 0 Å². The molecule has 0 spiro atoms. The van der Waals surface area contributed by atoms with Crippen LogP contribution in [0, 0.1) is 0 Å². The van der Waals surface area contributed by atoms with Crippen molar-refractivity contribution >= 4 is 27.6 Å². The van der Waals surface area contributed by atoms with Crippen LogP contribution in [0.4, 0.5) is 5.69 Å². The van der Waals surface area contributed by atoms with Gasteiger partial charge in [-0.15, -0.1) is 0 Å². The summed E-state index contributed by atoms with van der Waals surface area (Å²) >= 11 is 0. The third-order valence-corrected chi connectivity index (χ3v) is 3.94. The Hall–Kier alpha value is -2.13. The Morgan fingerprint density at radius 1 is 1.33 bits per heavy atom. The van der Waals surface area contributed by atoms with Crippen molar-refractivity contribution in [2.24, 2.45) is 0 Å². The van der Waals surface area contributed by atoms with Gasteiger partial charge in [-0.1, -0.05) is 0 Å². The van der Waals surface area contributed by atoms with Crippen LogP contribution in [0.2, 0.25) is 0 Å². The van der Waals surface area contributed by atoms with Crippen molar-refractivity contribution in [2.75, 3.05) is 25.9 Å². The molecular formula is C12H17N3O5S. The minimum atomic E-state index is -4.07. The Kier molecular flexibility index (Phi) is 5.68. The maximum Gasteiger partial charge on any atom is 0.339 e. The van der Waals surface area contributed by atoms with E-state index in [9.17, 15) is 18.0 Å². The summed E-state index contributed by atoms with van der Waals surface area (Å²) in [7, 11) is -2.94. The van der Waals surface area contributed by atoms with Gasteiger partial charge in [0.1, 0.15) is 0 Å². The largest absolute Gasteiger partial charge is 0.465 e. The van der Waals surface area contributed by atoms with E-state index in [1.165, 1.54) is 12.1 Å². The smallest absolute Gasteiger partial charge is 0.339 e. The second-order valence-electron chi connectivity index (χ2n) is 4.03. The summed E-state index contributed by atoms with van der Waals surface area (Å²) in [5, 5.41) is 2.45. The molecule has 0 unspecified atom stereocenters. The van der Waals surface area contributed by atoms with Crippen molar-refractivity contribution < 1.29 is 22.7 Å². The summed E-state index contributed by atoms with van der Waals surface area (Å²) < 4.78 is 31.0. The summed E-state index contributed by atoms with van der Waals surface area (Å²) in [6.07, 6.45) is 0. The molecule has 116 valence electrons. The fraction of sp³-hybridized carbons (Fsp3) is 0.333. The normalized spacial score (nSPS) is 11.0. The Morgan fingerprint density at radius 3 is 2.57 bits per heavy atom. The van der Waals surface area contributed by atoms with Gasteiger partial charge >= 0.3 is 5.97 Å². The van der Waals surface area contributed by atoms with E-state index >= 15 is 0 Å². The lowest BCUT2D eigenvalue weighted by Crippen LogP contribution is -2.37. The number of ether oxygens (including phenoxy) is 1. The number of esters is 1. The first-order valence-corrected chi connectivity index (χ1v) is 7.54. The van der Waals surface area contributed by atoms with Crippen LogP contribution >= 0.6 is 0 Å². The van der Waals surface area contributed by atoms with Gasteiger partial charge in [0.15, 0.2) is 0 Å². The number of benzene rings is 1. The van der Waals surface area contributed by atoms with E-state index in [0.717, 1.165) is 13.2 Å². The van der Waals surface area contributed by atoms with Gasteiger partial charge in [0, 0.05) is 12.2 Å². The number of likely N-dealkylation sites (N-methyl/N-ethyl adjacent to an activating group) is 1. The first-order chi connectivity index (χ1) is 9.81. The van der Waals surface area contributed by atoms with Crippen molar-refractivity contribution in [2.45, 2.75) is 11.8 Å². The molecule has 0 aliphatic heterocycles. The van der Waals surface area contributed by atoms with Gasteiger partial charge in [0.25, 0.3) is 0 Å². The summed E-state index contributed by atoms with van der Waals surface area (Å²) in [6, 6.07) is 3.77. The highest BCUT2D eigenvalue weighted by Gasteiger charge is 2.23. The molecule has 0 fully saturated rings. The number of sulfonamides is 1. The predicted molar refractivity (Wildman–Crippen MR) is 76.1 cm³/mol. The summed E-state index contributed by atoms with van der Waals surface area (Å²) in [5.41, 5.74) is 5.56. The molecule has 1 rings (SSSR count). The van der Waals surface area contributed by atoms with Crippen molar-refractivity contribution in [3.05, 3.63) is 23.8 Å². The number of carbonyl (C=O) groups is 2. The molecule has 0 bridgehead atoms. The van der Waals surface area contributed by atoms with Gasteiger partial charge in [0.05, 0.1) is 24.1 Å². The van der Waals surface area contributed by atoms with Crippen LogP contribution in [0.1, 0.15) is 17.3 Å². The molecule has 9 heteroatoms. The van der Waals surface area contributed by atoms with E-state index in [1.807, 2.05) is 0 Å². The number of hydrogen-bond donors (Lipinski definition) is 3. The SMILES string of the molecule is CCNC(=O)CNS(=O)(=O)c1cc(N)ccc1C(=O)OC. The topological polar surface area (TPSA) is 128 Å². The minimum absolute atomic E-state index is 0.157. The molecule has 0 aliphatic carbocycles. The quantitative estimate of drug-likeness (QED) is 0.478. The molecular weight excluding hydrogens is 298 g/mol. The van der Waals surface area contributed by atoms with Gasteiger partial charge < -0.3 is 15.8 Å². The van der Waals surface area contributed by atoms with Gasteiger partial charge in [-0.3, -0.25) is 4.79 Å². The van der Waals surface area contributed by atoms with Crippen LogP contribution in [0.15, 0.2) is 23.1 Å². The molecule has 8 nitrogen and oxygen atoms in total. The molecule has 0 aliphatic rings. The number of nitrogen functional groups attached to an aromatic ring is 1. The van der Waals surface area contributed by atoms with E-state index in [4.69, 9.17) is 5.73 Å². The average Bonchev–Trinajstić information content (AvgIpc) is 2.44. The second kappa shape index (κ2) is 7.04. The Bertz CT molecular complexity index is 642. The molecule has 0 atom stereocenters. The first kappa shape index (κ1) is 16.9. The van der Waals surface area contributed by atoms with E-state index in [0.29, 0.717) is 6.54 Å². The van der Waals surface area contributed by atoms with Gasteiger partial charge in [-0.2, -0.15) is 0 Å². The van der Waals surface area contributed by atoms with Crippen molar-refractivity contribution in [3.8, 4) is 0 Å². The number of nitrogens with one attached hydrogen (secondary N) is 2. The van der Waals surface area contributed by atoms with Crippen molar-refractivity contribution in [1.29, 1.82) is 0 Å². The monoisotopic (exact) mass is 315 g/mol. The highest BCUT2D eigenvalue weighted by atomic mass is 32.2. The zero-order valence-corrected chi connectivity index (χ0v) is 12.5. The van der Waals surface area contributed by atoms with E-state index in [2.05, 4.69) is 14.8 Å². The maximum atomic E-state index is 12.2. The zero-order chi connectivity index (χ0) is 16.0. The number of anilines is 1. The standard InChI is InChI=1S/C12H17N3O5S/c1-3-14-11(16)7-15-21(18,19)10-6-8(13)4-5-9(10)12(17)20-2/h4-6,15H,3,7,13H2,1-2H3,(H,14,16). The van der Waals surface area contributed by atoms with Crippen LogP contribution in [0.25, 0.3) is 0 Å². The minimum Gasteiger partial charge on any atom is -0.465 e. The third-order valence-electron chi connectivity index (χ3n) is 2.50. The number of methoxy groups -OCH3 is 1. The fourth-order valence-electron chi connectivity index (χ4n) is 1.54. The average molecular weight is 315 g/mol. The van der Waals surface area contributed by atoms with E-state index < -0.39 is 28.4 Å². The van der Waals surface area contributed by atoms with Gasteiger partial charge in [-0.25, -0.2) is 17.9 Å². The number of hydrogen-bond acceptors (Lipinski definition) is 6. The Morgan fingerprint density at radius 2 is 2.00 bits per heavy atom. The lowest BCUT2D eigenvalue weighted by Gasteiger charge is -2.11. The zero-order valence-electron chi connectivity index (χ0n) is 11.7. The van der Waals surface area contributed by atoms with E-state index in [-0.39, 0.29) is 16.1 Å². The molecule has 0 saturated heterocycles. The molecule has 1 aromatic rings. The Balaban J connectivity index is 3.10. The van der Waals surface area contributed by atoms with Crippen LogP contribution in [0.5, 0.6) is 0 Å². The lowest BCUT2D eigenvalue weighted by molar-refractivity contribution is -0.119. The molecule has 0 aromatic heterocycles. The molecule has 1 aromatic carbocycles. The molecule has 1 amide bonds. The predicted octanol–water partition coefficient (Wildman–Crippen LogP) is -0.530. The molecule has 4 N–H and O–H groups in total. The van der Waals surface area contributed by atoms with E-state index in [1.54, 1.807) is 6.92 Å². The number of amides is 1. The Labute approximate surface area is 122 Å². The lowest BCUT2D eigenvalue weighted by atomic mass is 10.2. The van der Waals surface area contributed by atoms with Crippen LogP contribution in [-0.4, -0.2) is 40.5 Å². The fourth-order valence-corrected chi connectivity index (χ4v) is 2.75. The number of rotatable bonds is 6. The highest BCUT2D eigenvalue weighted by Crippen LogP contribution is 2.19.